The molecule has 0 radical (unpaired) electrons. The molecule has 0 amide bonds. The van der Waals surface area contributed by atoms with E-state index in [0.29, 0.717) is 5.25 Å². The molecule has 0 spiro atoms. The molecule has 0 aromatic carbocycles. The molecule has 0 aliphatic rings. The average molecular weight is 230 g/mol. The smallest absolute Gasteiger partial charge is 0.258 e. The number of aromatic nitrogens is 1. The maximum absolute atomic E-state index is 10.3. The largest absolute Gasteiger partial charge is 0.287 e. The Balaban J connectivity index is 2.60. The van der Waals surface area contributed by atoms with E-state index in [9.17, 15) is 10.1 Å². The Morgan fingerprint density at radius 3 is 2.64 bits per heavy atom. The Hall–Kier alpha value is -0.750. The molecule has 1 heterocycles. The highest BCUT2D eigenvalue weighted by Gasteiger charge is 2.06. The van der Waals surface area contributed by atoms with Crippen molar-refractivity contribution in [3.05, 3.63) is 28.4 Å². The van der Waals surface area contributed by atoms with E-state index >= 15 is 0 Å². The number of hydrogen-bond acceptors (Lipinski definition) is 5. The normalized spacial score (nSPS) is 10.5. The van der Waals surface area contributed by atoms with Crippen LogP contribution in [0.2, 0.25) is 0 Å². The van der Waals surface area contributed by atoms with Gasteiger partial charge in [-0.15, -0.1) is 0 Å². The highest BCUT2D eigenvalue weighted by atomic mass is 33.1. The first kappa shape index (κ1) is 11.3. The highest BCUT2D eigenvalue weighted by Crippen LogP contribution is 2.33. The summed E-state index contributed by atoms with van der Waals surface area (Å²) in [5.74, 6) is 0. The Morgan fingerprint density at radius 1 is 1.50 bits per heavy atom. The second kappa shape index (κ2) is 5.21. The van der Waals surface area contributed by atoms with Crippen molar-refractivity contribution in [1.82, 2.24) is 4.98 Å². The van der Waals surface area contributed by atoms with E-state index in [1.165, 1.54) is 23.1 Å². The quantitative estimate of drug-likeness (QED) is 0.452. The van der Waals surface area contributed by atoms with Gasteiger partial charge in [-0.1, -0.05) is 24.6 Å². The molecule has 0 bridgehead atoms. The van der Waals surface area contributed by atoms with Gasteiger partial charge in [0.15, 0.2) is 0 Å². The molecule has 1 aromatic rings. The Bertz CT molecular complexity index is 314. The van der Waals surface area contributed by atoms with Crippen molar-refractivity contribution in [1.29, 1.82) is 0 Å². The second-order valence-electron chi connectivity index (χ2n) is 2.84. The topological polar surface area (TPSA) is 56.0 Å². The van der Waals surface area contributed by atoms with Crippen LogP contribution in [0.5, 0.6) is 0 Å². The lowest BCUT2D eigenvalue weighted by Crippen LogP contribution is -1.89. The third kappa shape index (κ3) is 3.55. The molecule has 0 aliphatic carbocycles. The fourth-order valence-electron chi connectivity index (χ4n) is 0.675. The number of nitrogens with zero attached hydrogens (tertiary/aromatic N) is 2. The molecule has 0 unspecified atom stereocenters. The fraction of sp³-hybridized carbons (Fsp3) is 0.375. The summed E-state index contributed by atoms with van der Waals surface area (Å²) in [5.41, 5.74) is 0.0314. The molecule has 6 heteroatoms. The van der Waals surface area contributed by atoms with Crippen LogP contribution in [0.25, 0.3) is 0 Å². The average Bonchev–Trinajstić information content (AvgIpc) is 2.15. The molecular weight excluding hydrogens is 220 g/mol. The molecular formula is C8H10N2O2S2. The lowest BCUT2D eigenvalue weighted by Gasteiger charge is -2.01. The maximum Gasteiger partial charge on any atom is 0.287 e. The SMILES string of the molecule is CC(C)SSc1ccc([N+](=O)[O-])cn1. The Morgan fingerprint density at radius 2 is 2.21 bits per heavy atom. The van der Waals surface area contributed by atoms with Crippen molar-refractivity contribution in [3.63, 3.8) is 0 Å². The van der Waals surface area contributed by atoms with E-state index in [-0.39, 0.29) is 5.69 Å². The van der Waals surface area contributed by atoms with E-state index in [1.54, 1.807) is 16.9 Å². The summed E-state index contributed by atoms with van der Waals surface area (Å²) >= 11 is 0. The van der Waals surface area contributed by atoms with Crippen LogP contribution < -0.4 is 0 Å². The highest BCUT2D eigenvalue weighted by molar-refractivity contribution is 8.76. The molecule has 0 fully saturated rings. The van der Waals surface area contributed by atoms with Crippen molar-refractivity contribution < 1.29 is 4.92 Å². The maximum atomic E-state index is 10.3. The zero-order valence-electron chi connectivity index (χ0n) is 7.84. The number of pyridine rings is 1. The first-order valence-corrected chi connectivity index (χ1v) is 6.24. The predicted octanol–water partition coefficient (Wildman–Crippen LogP) is 3.14. The molecule has 0 saturated heterocycles. The summed E-state index contributed by atoms with van der Waals surface area (Å²) in [6.45, 7) is 4.17. The van der Waals surface area contributed by atoms with Gasteiger partial charge in [0, 0.05) is 11.3 Å². The summed E-state index contributed by atoms with van der Waals surface area (Å²) in [6, 6.07) is 3.13. The van der Waals surface area contributed by atoms with Gasteiger partial charge in [-0.3, -0.25) is 10.1 Å². The van der Waals surface area contributed by atoms with Crippen LogP contribution in [-0.4, -0.2) is 15.2 Å². The van der Waals surface area contributed by atoms with E-state index in [4.69, 9.17) is 0 Å². The van der Waals surface area contributed by atoms with E-state index in [2.05, 4.69) is 18.8 Å². The van der Waals surface area contributed by atoms with Crippen LogP contribution in [0.1, 0.15) is 13.8 Å². The van der Waals surface area contributed by atoms with Crippen LogP contribution in [0.3, 0.4) is 0 Å². The molecule has 4 nitrogen and oxygen atoms in total. The molecule has 0 aliphatic heterocycles. The van der Waals surface area contributed by atoms with Gasteiger partial charge in [0.2, 0.25) is 0 Å². The molecule has 0 saturated carbocycles. The Kier molecular flexibility index (Phi) is 4.21. The molecule has 0 N–H and O–H groups in total. The first-order valence-electron chi connectivity index (χ1n) is 4.03. The summed E-state index contributed by atoms with van der Waals surface area (Å²) in [4.78, 5) is 13.9. The van der Waals surface area contributed by atoms with Gasteiger partial charge < -0.3 is 0 Å². The lowest BCUT2D eigenvalue weighted by atomic mass is 10.4. The summed E-state index contributed by atoms with van der Waals surface area (Å²) < 4.78 is 0. The summed E-state index contributed by atoms with van der Waals surface area (Å²) in [6.07, 6.45) is 1.28. The molecule has 14 heavy (non-hydrogen) atoms. The zero-order chi connectivity index (χ0) is 10.6. The van der Waals surface area contributed by atoms with Gasteiger partial charge in [0.05, 0.1) is 4.92 Å². The fourth-order valence-corrected chi connectivity index (χ4v) is 2.35. The lowest BCUT2D eigenvalue weighted by molar-refractivity contribution is -0.385. The van der Waals surface area contributed by atoms with E-state index < -0.39 is 4.92 Å². The first-order chi connectivity index (χ1) is 6.59. The standard InChI is InChI=1S/C8H10N2O2S2/c1-6(2)13-14-8-4-3-7(5-9-8)10(11)12/h3-6H,1-2H3. The molecule has 1 rings (SSSR count). The molecule has 0 atom stereocenters. The van der Waals surface area contributed by atoms with Crippen LogP contribution in [0.15, 0.2) is 23.4 Å². The van der Waals surface area contributed by atoms with Gasteiger partial charge in [-0.05, 0) is 16.9 Å². The molecule has 1 aromatic heterocycles. The van der Waals surface area contributed by atoms with Gasteiger partial charge in [0.1, 0.15) is 11.2 Å². The van der Waals surface area contributed by atoms with Crippen molar-refractivity contribution in [2.24, 2.45) is 0 Å². The van der Waals surface area contributed by atoms with E-state index in [1.807, 2.05) is 0 Å². The van der Waals surface area contributed by atoms with Crippen molar-refractivity contribution in [3.8, 4) is 0 Å². The van der Waals surface area contributed by atoms with Gasteiger partial charge >= 0.3 is 0 Å². The third-order valence-electron chi connectivity index (χ3n) is 1.26. The van der Waals surface area contributed by atoms with Gasteiger partial charge in [0.25, 0.3) is 5.69 Å². The zero-order valence-corrected chi connectivity index (χ0v) is 9.47. The van der Waals surface area contributed by atoms with Gasteiger partial charge in [-0.25, -0.2) is 4.98 Å². The van der Waals surface area contributed by atoms with Crippen LogP contribution in [0.4, 0.5) is 5.69 Å². The van der Waals surface area contributed by atoms with E-state index in [0.717, 1.165) is 5.03 Å². The number of rotatable bonds is 4. The number of nitro groups is 1. The minimum absolute atomic E-state index is 0.0314. The van der Waals surface area contributed by atoms with Crippen LogP contribution >= 0.6 is 21.6 Å². The minimum atomic E-state index is -0.447. The monoisotopic (exact) mass is 230 g/mol. The summed E-state index contributed by atoms with van der Waals surface area (Å²) in [7, 11) is 3.21. The predicted molar refractivity (Wildman–Crippen MR) is 59.5 cm³/mol. The van der Waals surface area contributed by atoms with Crippen LogP contribution in [-0.2, 0) is 0 Å². The molecule has 76 valence electrons. The minimum Gasteiger partial charge on any atom is -0.258 e. The van der Waals surface area contributed by atoms with Gasteiger partial charge in [-0.2, -0.15) is 0 Å². The summed E-state index contributed by atoms with van der Waals surface area (Å²) in [5, 5.41) is 11.6. The van der Waals surface area contributed by atoms with Crippen molar-refractivity contribution in [2.45, 2.75) is 24.1 Å². The third-order valence-corrected chi connectivity index (χ3v) is 4.11. The van der Waals surface area contributed by atoms with Crippen molar-refractivity contribution in [2.75, 3.05) is 0 Å². The number of hydrogen-bond donors (Lipinski definition) is 0. The van der Waals surface area contributed by atoms with Crippen molar-refractivity contribution >= 4 is 27.3 Å². The van der Waals surface area contributed by atoms with Crippen LogP contribution in [0, 0.1) is 10.1 Å². The Labute approximate surface area is 90.0 Å². The second-order valence-corrected chi connectivity index (χ2v) is 5.64.